The third-order valence-electron chi connectivity index (χ3n) is 4.79. The lowest BCUT2D eigenvalue weighted by molar-refractivity contribution is -0.138. The number of hydrogen-bond donors (Lipinski definition) is 2. The summed E-state index contributed by atoms with van der Waals surface area (Å²) >= 11 is 1.05. The molecule has 0 saturated carbocycles. The van der Waals surface area contributed by atoms with E-state index in [1.807, 2.05) is 0 Å². The van der Waals surface area contributed by atoms with Crippen LogP contribution < -0.4 is 18.9 Å². The Morgan fingerprint density at radius 2 is 1.68 bits per heavy atom. The summed E-state index contributed by atoms with van der Waals surface area (Å²) in [4.78, 5) is 17.5. The maximum Gasteiger partial charge on any atom is 0.344 e. The van der Waals surface area contributed by atoms with Gasteiger partial charge in [0.15, 0.2) is 11.5 Å². The highest BCUT2D eigenvalue weighted by molar-refractivity contribution is 8.18. The number of phenols is 1. The molecule has 9 nitrogen and oxygen atoms in total. The van der Waals surface area contributed by atoms with E-state index in [9.17, 15) is 15.0 Å². The number of nitrogens with zero attached hydrogens (tertiary/aromatic N) is 1. The van der Waals surface area contributed by atoms with Crippen molar-refractivity contribution in [2.45, 2.75) is 6.92 Å². The number of thioether (sulfide) groups is 1. The smallest absolute Gasteiger partial charge is 0.344 e. The molecule has 0 aromatic heterocycles. The topological polar surface area (TPSA) is 116 Å². The Hall–Kier alpha value is -3.79. The van der Waals surface area contributed by atoms with Crippen molar-refractivity contribution in [2.24, 2.45) is 4.99 Å². The van der Waals surface area contributed by atoms with Crippen molar-refractivity contribution >= 4 is 34.5 Å². The molecule has 34 heavy (non-hydrogen) atoms. The molecule has 0 spiro atoms. The van der Waals surface area contributed by atoms with Crippen molar-refractivity contribution in [3.05, 3.63) is 52.1 Å². The lowest BCUT2D eigenvalue weighted by Crippen LogP contribution is -2.12. The lowest BCUT2D eigenvalue weighted by atomic mass is 10.1. The first kappa shape index (κ1) is 24.8. The van der Waals surface area contributed by atoms with Gasteiger partial charge in [0.25, 0.3) is 0 Å². The second kappa shape index (κ2) is 10.9. The van der Waals surface area contributed by atoms with E-state index in [1.165, 1.54) is 40.6 Å². The molecule has 0 unspecified atom stereocenters. The van der Waals surface area contributed by atoms with Crippen LogP contribution in [0, 0.1) is 0 Å². The Kier molecular flexibility index (Phi) is 7.95. The van der Waals surface area contributed by atoms with Gasteiger partial charge in [0.2, 0.25) is 0 Å². The summed E-state index contributed by atoms with van der Waals surface area (Å²) < 4.78 is 26.2. The first-order valence-corrected chi connectivity index (χ1v) is 10.9. The zero-order valence-corrected chi connectivity index (χ0v) is 20.2. The molecule has 3 rings (SSSR count). The monoisotopic (exact) mass is 487 g/mol. The first-order valence-electron chi connectivity index (χ1n) is 10.1. The molecule has 1 heterocycles. The van der Waals surface area contributed by atoms with E-state index in [0.717, 1.165) is 11.8 Å². The van der Waals surface area contributed by atoms with E-state index >= 15 is 0 Å². The van der Waals surface area contributed by atoms with Crippen molar-refractivity contribution in [3.8, 4) is 28.7 Å². The van der Waals surface area contributed by atoms with Crippen molar-refractivity contribution < 1.29 is 38.7 Å². The molecular weight excluding hydrogens is 462 g/mol. The van der Waals surface area contributed by atoms with E-state index in [-0.39, 0.29) is 33.6 Å². The predicted octanol–water partition coefficient (Wildman–Crippen LogP) is 4.62. The van der Waals surface area contributed by atoms with Crippen molar-refractivity contribution in [3.63, 3.8) is 0 Å². The Balaban J connectivity index is 2.12. The minimum absolute atomic E-state index is 0.0835. The normalized spacial score (nSPS) is 15.6. The average Bonchev–Trinajstić information content (AvgIpc) is 3.14. The van der Waals surface area contributed by atoms with Gasteiger partial charge in [-0.05, 0) is 25.1 Å². The molecule has 0 bridgehead atoms. The zero-order chi connectivity index (χ0) is 24.8. The summed E-state index contributed by atoms with van der Waals surface area (Å²) in [6, 6.07) is 8.03. The van der Waals surface area contributed by atoms with Crippen LogP contribution in [0.5, 0.6) is 28.7 Å². The quantitative estimate of drug-likeness (QED) is 0.515. The summed E-state index contributed by atoms with van der Waals surface area (Å²) in [5, 5.41) is 21.6. The number of ether oxygens (including phenoxy) is 5. The van der Waals surface area contributed by atoms with Gasteiger partial charge < -0.3 is 33.9 Å². The second-order valence-electron chi connectivity index (χ2n) is 6.77. The molecule has 10 heteroatoms. The molecule has 2 N–H and O–H groups in total. The number of aliphatic imine (C=N–C) groups is 1. The molecule has 0 amide bonds. The van der Waals surface area contributed by atoms with Crippen LogP contribution in [-0.4, -0.2) is 56.3 Å². The highest BCUT2D eigenvalue weighted by Crippen LogP contribution is 2.44. The average molecular weight is 488 g/mol. The van der Waals surface area contributed by atoms with Crippen molar-refractivity contribution in [1.29, 1.82) is 0 Å². The maximum atomic E-state index is 12.7. The minimum Gasteiger partial charge on any atom is -0.507 e. The van der Waals surface area contributed by atoms with Crippen LogP contribution in [0.1, 0.15) is 12.5 Å². The van der Waals surface area contributed by atoms with Crippen LogP contribution in [0.2, 0.25) is 0 Å². The second-order valence-corrected chi connectivity index (χ2v) is 7.80. The van der Waals surface area contributed by atoms with E-state index in [4.69, 9.17) is 23.7 Å². The summed E-state index contributed by atoms with van der Waals surface area (Å²) in [7, 11) is 5.94. The fourth-order valence-corrected chi connectivity index (χ4v) is 4.17. The maximum absolute atomic E-state index is 12.7. The number of carbonyl (C=O) groups is 1. The Morgan fingerprint density at radius 3 is 2.29 bits per heavy atom. The number of benzene rings is 2. The van der Waals surface area contributed by atoms with Crippen molar-refractivity contribution in [2.75, 3.05) is 35.0 Å². The number of aromatic hydroxyl groups is 1. The molecule has 2 aromatic carbocycles. The third kappa shape index (κ3) is 5.07. The van der Waals surface area contributed by atoms with Gasteiger partial charge in [-0.1, -0.05) is 11.8 Å². The van der Waals surface area contributed by atoms with E-state index < -0.39 is 5.97 Å². The van der Waals surface area contributed by atoms with Gasteiger partial charge in [0, 0.05) is 18.2 Å². The summed E-state index contributed by atoms with van der Waals surface area (Å²) in [5.41, 5.74) is 0.689. The van der Waals surface area contributed by atoms with Crippen LogP contribution in [0.25, 0.3) is 6.08 Å². The Labute approximate surface area is 201 Å². The van der Waals surface area contributed by atoms with E-state index in [0.29, 0.717) is 34.2 Å². The number of esters is 1. The molecule has 0 aliphatic carbocycles. The molecule has 0 saturated heterocycles. The highest BCUT2D eigenvalue weighted by Gasteiger charge is 2.33. The van der Waals surface area contributed by atoms with Gasteiger partial charge in [-0.25, -0.2) is 9.79 Å². The van der Waals surface area contributed by atoms with E-state index in [1.54, 1.807) is 31.2 Å². The van der Waals surface area contributed by atoms with Crippen LogP contribution in [0.4, 0.5) is 5.69 Å². The highest BCUT2D eigenvalue weighted by atomic mass is 32.2. The number of aliphatic hydroxyl groups is 1. The third-order valence-corrected chi connectivity index (χ3v) is 5.81. The molecule has 0 atom stereocenters. The fraction of sp³-hybridized carbons (Fsp3) is 0.250. The number of methoxy groups -OCH3 is 4. The Morgan fingerprint density at radius 1 is 0.971 bits per heavy atom. The van der Waals surface area contributed by atoms with Crippen molar-refractivity contribution in [1.82, 2.24) is 0 Å². The number of carbonyl (C=O) groups excluding carboxylic acids is 1. The summed E-state index contributed by atoms with van der Waals surface area (Å²) in [6.07, 6.45) is 1.50. The lowest BCUT2D eigenvalue weighted by Gasteiger charge is -2.10. The zero-order valence-electron chi connectivity index (χ0n) is 19.4. The van der Waals surface area contributed by atoms with Gasteiger partial charge >= 0.3 is 5.97 Å². The molecule has 2 aromatic rings. The van der Waals surface area contributed by atoms with Crippen LogP contribution in [0.3, 0.4) is 0 Å². The largest absolute Gasteiger partial charge is 0.507 e. The SMILES string of the molecule is CCOC(=O)C1=C(O)/C(=C\c2c(O)cc(OC)cc2OC)SC1=Nc1ccc(OC)c(OC)c1. The van der Waals surface area contributed by atoms with Gasteiger partial charge in [0.05, 0.1) is 51.2 Å². The molecule has 1 aliphatic heterocycles. The van der Waals surface area contributed by atoms with Crippen LogP contribution in [0.15, 0.2) is 51.6 Å². The van der Waals surface area contributed by atoms with Crippen LogP contribution in [-0.2, 0) is 9.53 Å². The predicted molar refractivity (Wildman–Crippen MR) is 130 cm³/mol. The van der Waals surface area contributed by atoms with Gasteiger partial charge in [0.1, 0.15) is 33.6 Å². The Bertz CT molecular complexity index is 1190. The van der Waals surface area contributed by atoms with Gasteiger partial charge in [-0.3, -0.25) is 0 Å². The van der Waals surface area contributed by atoms with Gasteiger partial charge in [-0.2, -0.15) is 0 Å². The fourth-order valence-electron chi connectivity index (χ4n) is 3.15. The molecule has 0 radical (unpaired) electrons. The summed E-state index contributed by atoms with van der Waals surface area (Å²) in [6.45, 7) is 1.79. The summed E-state index contributed by atoms with van der Waals surface area (Å²) in [5.74, 6) is 0.541. The molecule has 1 aliphatic rings. The number of hydrogen-bond acceptors (Lipinski definition) is 10. The van der Waals surface area contributed by atoms with Gasteiger partial charge in [-0.15, -0.1) is 0 Å². The first-order chi connectivity index (χ1) is 16.4. The molecular formula is C24H25NO8S. The standard InChI is InChI=1S/C24H25NO8S/c1-6-33-24(28)21-22(27)20(12-15-16(26)10-14(29-2)11-18(15)31-4)34-23(21)25-13-7-8-17(30-3)19(9-13)32-5/h7-12,26-27H,6H2,1-5H3/b20-12+,25-23?. The molecule has 0 fully saturated rings. The van der Waals surface area contributed by atoms with Crippen LogP contribution >= 0.6 is 11.8 Å². The number of aliphatic hydroxyl groups excluding tert-OH is 1. The number of phenolic OH excluding ortho intramolecular Hbond substituents is 1. The van der Waals surface area contributed by atoms with E-state index in [2.05, 4.69) is 4.99 Å². The number of rotatable bonds is 8. The minimum atomic E-state index is -0.721. The molecule has 180 valence electrons.